The van der Waals surface area contributed by atoms with Crippen LogP contribution in [0.15, 0.2) is 35.7 Å². The minimum Gasteiger partial charge on any atom is -0.478 e. The molecule has 24 heavy (non-hydrogen) atoms. The van der Waals surface area contributed by atoms with Crippen LogP contribution in [0.5, 0.6) is 0 Å². The highest BCUT2D eigenvalue weighted by Gasteiger charge is 2.22. The van der Waals surface area contributed by atoms with E-state index in [2.05, 4.69) is 39.7 Å². The van der Waals surface area contributed by atoms with Gasteiger partial charge in [-0.05, 0) is 58.3 Å². The Balaban J connectivity index is 3.25. The van der Waals surface area contributed by atoms with Gasteiger partial charge in [-0.2, -0.15) is 5.10 Å². The molecule has 4 nitrogen and oxygen atoms in total. The van der Waals surface area contributed by atoms with Crippen LogP contribution in [0, 0.1) is 0 Å². The topological polar surface area (TPSA) is 55.1 Å². The van der Waals surface area contributed by atoms with Crippen molar-refractivity contribution in [1.82, 2.24) is 9.78 Å². The molecule has 0 amide bonds. The number of nitrogens with zero attached hydrogens (tertiary/aromatic N) is 2. The fourth-order valence-corrected chi connectivity index (χ4v) is 2.22. The highest BCUT2D eigenvalue weighted by atomic mass is 19.1. The van der Waals surface area contributed by atoms with Crippen molar-refractivity contribution in [2.75, 3.05) is 0 Å². The monoisotopic (exact) mass is 334 g/mol. The number of carboxylic acids is 1. The van der Waals surface area contributed by atoms with Gasteiger partial charge in [-0.1, -0.05) is 19.9 Å². The number of rotatable bonds is 5. The van der Waals surface area contributed by atoms with E-state index in [-0.39, 0.29) is 11.5 Å². The maximum atomic E-state index is 14.4. The van der Waals surface area contributed by atoms with Crippen LogP contribution in [0.1, 0.15) is 65.8 Å². The van der Waals surface area contributed by atoms with Crippen molar-refractivity contribution in [3.63, 3.8) is 0 Å². The van der Waals surface area contributed by atoms with Crippen LogP contribution < -0.4 is 0 Å². The Hall–Kier alpha value is -2.17. The molecule has 0 radical (unpaired) electrons. The van der Waals surface area contributed by atoms with E-state index in [1.54, 1.807) is 13.8 Å². The Labute approximate surface area is 143 Å². The number of hydrogen-bond acceptors (Lipinski definition) is 2. The van der Waals surface area contributed by atoms with Crippen LogP contribution in [-0.2, 0) is 10.3 Å². The number of allylic oxidation sites excluding steroid dienone is 5. The molecule has 0 aliphatic heterocycles. The van der Waals surface area contributed by atoms with Crippen LogP contribution in [0.25, 0.3) is 5.57 Å². The van der Waals surface area contributed by atoms with E-state index in [1.807, 2.05) is 10.7 Å². The lowest BCUT2D eigenvalue weighted by Crippen LogP contribution is -2.25. The molecule has 0 aromatic carbocycles. The number of aromatic nitrogens is 2. The summed E-state index contributed by atoms with van der Waals surface area (Å²) in [7, 11) is 0. The molecule has 0 saturated heterocycles. The lowest BCUT2D eigenvalue weighted by atomic mass is 10.0. The van der Waals surface area contributed by atoms with E-state index in [9.17, 15) is 9.18 Å². The summed E-state index contributed by atoms with van der Waals surface area (Å²) in [4.78, 5) is 10.6. The van der Waals surface area contributed by atoms with Crippen LogP contribution in [-0.4, -0.2) is 20.9 Å². The van der Waals surface area contributed by atoms with Crippen molar-refractivity contribution in [3.05, 3.63) is 47.1 Å². The summed E-state index contributed by atoms with van der Waals surface area (Å²) in [5.74, 6) is -1.21. The first kappa shape index (κ1) is 19.9. The van der Waals surface area contributed by atoms with Gasteiger partial charge in [0.15, 0.2) is 0 Å². The van der Waals surface area contributed by atoms with Crippen LogP contribution in [0.4, 0.5) is 4.39 Å². The van der Waals surface area contributed by atoms with Gasteiger partial charge in [-0.25, -0.2) is 9.18 Å². The zero-order chi connectivity index (χ0) is 18.7. The second kappa shape index (κ2) is 7.60. The maximum absolute atomic E-state index is 14.4. The van der Waals surface area contributed by atoms with Gasteiger partial charge in [0.2, 0.25) is 0 Å². The highest BCUT2D eigenvalue weighted by molar-refractivity contribution is 5.81. The normalized spacial score (nSPS) is 14.5. The average Bonchev–Trinajstić information content (AvgIpc) is 2.88. The fraction of sp³-hybridized carbons (Fsp3) is 0.474. The number of hydrogen-bond donors (Lipinski definition) is 1. The third-order valence-electron chi connectivity index (χ3n) is 3.55. The lowest BCUT2D eigenvalue weighted by Gasteiger charge is -2.23. The Morgan fingerprint density at radius 3 is 2.29 bits per heavy atom. The summed E-state index contributed by atoms with van der Waals surface area (Å²) in [5, 5.41) is 13.2. The van der Waals surface area contributed by atoms with Crippen LogP contribution in [0.2, 0.25) is 0 Å². The highest BCUT2D eigenvalue weighted by Crippen LogP contribution is 2.28. The standard InChI is InChI=1S/C19H27FN2O2/c1-12(2)17-11-16(21-22(17)19(5,6)7)14(4)15(20)9-8-13(3)10-18(23)24/h8-12H,1-7H3,(H,23,24). The van der Waals surface area contributed by atoms with Gasteiger partial charge in [0.1, 0.15) is 5.83 Å². The lowest BCUT2D eigenvalue weighted by molar-refractivity contribution is -0.131. The summed E-state index contributed by atoms with van der Waals surface area (Å²) in [6.07, 6.45) is 3.75. The van der Waals surface area contributed by atoms with E-state index < -0.39 is 11.8 Å². The molecule has 1 heterocycles. The van der Waals surface area contributed by atoms with Gasteiger partial charge in [0, 0.05) is 17.3 Å². The summed E-state index contributed by atoms with van der Waals surface area (Å²) in [6.45, 7) is 13.6. The van der Waals surface area contributed by atoms with E-state index >= 15 is 0 Å². The predicted molar refractivity (Wildman–Crippen MR) is 95.5 cm³/mol. The Morgan fingerprint density at radius 1 is 1.29 bits per heavy atom. The second-order valence-electron chi connectivity index (χ2n) is 7.22. The Morgan fingerprint density at radius 2 is 1.88 bits per heavy atom. The van der Waals surface area contributed by atoms with Crippen molar-refractivity contribution in [1.29, 1.82) is 0 Å². The van der Waals surface area contributed by atoms with Crippen molar-refractivity contribution in [2.24, 2.45) is 0 Å². The van der Waals surface area contributed by atoms with Gasteiger partial charge in [0.05, 0.1) is 11.2 Å². The first-order valence-corrected chi connectivity index (χ1v) is 8.00. The van der Waals surface area contributed by atoms with E-state index in [0.717, 1.165) is 11.8 Å². The van der Waals surface area contributed by atoms with Gasteiger partial charge in [0.25, 0.3) is 0 Å². The summed E-state index contributed by atoms with van der Waals surface area (Å²) in [6, 6.07) is 1.92. The first-order chi connectivity index (χ1) is 10.9. The Kier molecular flexibility index (Phi) is 6.29. The van der Waals surface area contributed by atoms with Crippen molar-refractivity contribution in [2.45, 2.75) is 59.9 Å². The minimum absolute atomic E-state index is 0.189. The van der Waals surface area contributed by atoms with Gasteiger partial charge in [-0.15, -0.1) is 0 Å². The molecule has 132 valence electrons. The van der Waals surface area contributed by atoms with E-state index in [4.69, 9.17) is 5.11 Å². The molecule has 0 spiro atoms. The number of aliphatic carboxylic acids is 1. The molecule has 1 N–H and O–H groups in total. The van der Waals surface area contributed by atoms with Crippen LogP contribution in [0.3, 0.4) is 0 Å². The van der Waals surface area contributed by atoms with E-state index in [0.29, 0.717) is 16.8 Å². The van der Waals surface area contributed by atoms with E-state index in [1.165, 1.54) is 12.2 Å². The van der Waals surface area contributed by atoms with Gasteiger partial charge in [-0.3, -0.25) is 4.68 Å². The molecular formula is C19H27FN2O2. The summed E-state index contributed by atoms with van der Waals surface area (Å²) < 4.78 is 16.3. The zero-order valence-electron chi connectivity index (χ0n) is 15.5. The number of carboxylic acid groups (broad SMARTS) is 1. The summed E-state index contributed by atoms with van der Waals surface area (Å²) >= 11 is 0. The predicted octanol–water partition coefficient (Wildman–Crippen LogP) is 5.05. The number of carbonyl (C=O) groups is 1. The number of halogens is 1. The smallest absolute Gasteiger partial charge is 0.328 e. The molecule has 5 heteroatoms. The average molecular weight is 334 g/mol. The van der Waals surface area contributed by atoms with Crippen molar-refractivity contribution < 1.29 is 14.3 Å². The molecule has 1 rings (SSSR count). The van der Waals surface area contributed by atoms with Crippen molar-refractivity contribution in [3.8, 4) is 0 Å². The molecule has 0 atom stereocenters. The molecular weight excluding hydrogens is 307 g/mol. The molecule has 0 fully saturated rings. The fourth-order valence-electron chi connectivity index (χ4n) is 2.22. The second-order valence-corrected chi connectivity index (χ2v) is 7.22. The SMILES string of the molecule is CC(C=CC(F)=C(C)c1cc(C(C)C)n(C(C)(C)C)n1)=CC(=O)O. The third kappa shape index (κ3) is 5.18. The zero-order valence-corrected chi connectivity index (χ0v) is 15.5. The molecule has 0 aliphatic rings. The first-order valence-electron chi connectivity index (χ1n) is 8.00. The molecule has 0 saturated carbocycles. The molecule has 0 aliphatic carbocycles. The third-order valence-corrected chi connectivity index (χ3v) is 3.55. The Bertz CT molecular complexity index is 701. The molecule has 0 unspecified atom stereocenters. The summed E-state index contributed by atoms with van der Waals surface area (Å²) in [5.41, 5.74) is 2.35. The largest absolute Gasteiger partial charge is 0.478 e. The van der Waals surface area contributed by atoms with Crippen molar-refractivity contribution >= 4 is 11.5 Å². The molecule has 0 bridgehead atoms. The molecule has 1 aromatic rings. The minimum atomic E-state index is -1.05. The van der Waals surface area contributed by atoms with Gasteiger partial charge >= 0.3 is 5.97 Å². The molecule has 1 aromatic heterocycles. The quantitative estimate of drug-likeness (QED) is 0.605. The maximum Gasteiger partial charge on any atom is 0.328 e. The van der Waals surface area contributed by atoms with Gasteiger partial charge < -0.3 is 5.11 Å². The van der Waals surface area contributed by atoms with Crippen LogP contribution >= 0.6 is 0 Å².